The number of halogens is 1. The number of nitrogens with one attached hydrogen (secondary N) is 3. The lowest BCUT2D eigenvalue weighted by atomic mass is 10.1. The summed E-state index contributed by atoms with van der Waals surface area (Å²) in [4.78, 5) is 32.1. The summed E-state index contributed by atoms with van der Waals surface area (Å²) in [5.41, 5.74) is 3.58. The van der Waals surface area contributed by atoms with Gasteiger partial charge in [-0.3, -0.25) is 14.9 Å². The molecule has 2 amide bonds. The topological polar surface area (TPSA) is 86.9 Å². The molecular weight excluding hydrogens is 432 g/mol. The van der Waals surface area contributed by atoms with Gasteiger partial charge >= 0.3 is 0 Å². The maximum absolute atomic E-state index is 12.2. The maximum Gasteiger partial charge on any atom is 0.257 e. The Morgan fingerprint density at radius 2 is 1.87 bits per heavy atom. The number of para-hydroxylation sites is 1. The van der Waals surface area contributed by atoms with Gasteiger partial charge < -0.3 is 10.3 Å². The molecule has 31 heavy (non-hydrogen) atoms. The third-order valence-corrected chi connectivity index (χ3v) is 5.94. The number of H-pyrrole nitrogens is 1. The average molecular weight is 453 g/mol. The molecule has 158 valence electrons. The Balaban J connectivity index is 1.21. The summed E-state index contributed by atoms with van der Waals surface area (Å²) >= 11 is 7.19. The van der Waals surface area contributed by atoms with Gasteiger partial charge in [0.15, 0.2) is 5.13 Å². The van der Waals surface area contributed by atoms with Gasteiger partial charge in [-0.15, -0.1) is 11.3 Å². The van der Waals surface area contributed by atoms with Crippen molar-refractivity contribution in [3.63, 3.8) is 0 Å². The second-order valence-electron chi connectivity index (χ2n) is 7.06. The van der Waals surface area contributed by atoms with Gasteiger partial charge in [0.05, 0.1) is 5.69 Å². The van der Waals surface area contributed by atoms with Gasteiger partial charge in [-0.1, -0.05) is 29.8 Å². The number of anilines is 1. The minimum absolute atomic E-state index is 0.0143. The molecule has 0 radical (unpaired) electrons. The number of aryl methyl sites for hydroxylation is 1. The molecule has 8 heteroatoms. The van der Waals surface area contributed by atoms with Crippen LogP contribution < -0.4 is 10.6 Å². The largest absolute Gasteiger partial charge is 0.361 e. The summed E-state index contributed by atoms with van der Waals surface area (Å²) < 4.78 is 0. The van der Waals surface area contributed by atoms with E-state index >= 15 is 0 Å². The monoisotopic (exact) mass is 452 g/mol. The molecule has 0 saturated carbocycles. The molecule has 3 N–H and O–H groups in total. The number of rotatable bonds is 8. The second-order valence-corrected chi connectivity index (χ2v) is 8.36. The van der Waals surface area contributed by atoms with E-state index in [1.807, 2.05) is 29.8 Å². The summed E-state index contributed by atoms with van der Waals surface area (Å²) in [5.74, 6) is -0.257. The molecule has 0 unspecified atom stereocenters. The Labute approximate surface area is 188 Å². The number of carbonyl (C=O) groups excluding carboxylic acids is 2. The van der Waals surface area contributed by atoms with Crippen molar-refractivity contribution < 1.29 is 9.59 Å². The number of nitrogens with zero attached hydrogens (tertiary/aromatic N) is 1. The van der Waals surface area contributed by atoms with E-state index < -0.39 is 0 Å². The van der Waals surface area contributed by atoms with Gasteiger partial charge in [0, 0.05) is 46.0 Å². The molecule has 2 aromatic carbocycles. The standard InChI is InChI=1S/C23H21ClN4O2S/c24-17-7-5-15(6-8-17)22(30)28-23-27-18(14-31-23)9-10-21(29)25-12-11-16-13-26-20-4-2-1-3-19(16)20/h1-8,13-14,26H,9-12H2,(H,25,29)(H,27,28,30). The van der Waals surface area contributed by atoms with Gasteiger partial charge in [0.1, 0.15) is 0 Å². The van der Waals surface area contributed by atoms with Crippen LogP contribution in [0.2, 0.25) is 5.02 Å². The summed E-state index contributed by atoms with van der Waals surface area (Å²) in [6, 6.07) is 14.8. The van der Waals surface area contributed by atoms with Gasteiger partial charge in [-0.05, 0) is 48.7 Å². The first-order valence-corrected chi connectivity index (χ1v) is 11.2. The van der Waals surface area contributed by atoms with E-state index in [0.29, 0.717) is 35.1 Å². The van der Waals surface area contributed by atoms with Crippen LogP contribution in [0.3, 0.4) is 0 Å². The fourth-order valence-corrected chi connectivity index (χ4v) is 4.12. The Kier molecular flexibility index (Phi) is 6.64. The van der Waals surface area contributed by atoms with Crippen LogP contribution >= 0.6 is 22.9 Å². The second kappa shape index (κ2) is 9.76. The summed E-state index contributed by atoms with van der Waals surface area (Å²) in [6.45, 7) is 0.583. The zero-order valence-corrected chi connectivity index (χ0v) is 18.2. The van der Waals surface area contributed by atoms with Crippen molar-refractivity contribution in [2.75, 3.05) is 11.9 Å². The van der Waals surface area contributed by atoms with Gasteiger partial charge in [-0.2, -0.15) is 0 Å². The van der Waals surface area contributed by atoms with Gasteiger partial charge in [-0.25, -0.2) is 4.98 Å². The SMILES string of the molecule is O=C(CCc1csc(NC(=O)c2ccc(Cl)cc2)n1)NCCc1c[nH]c2ccccc12. The van der Waals surface area contributed by atoms with E-state index in [9.17, 15) is 9.59 Å². The maximum atomic E-state index is 12.2. The molecule has 0 saturated heterocycles. The number of amides is 2. The van der Waals surface area contributed by atoms with E-state index in [0.717, 1.165) is 17.6 Å². The van der Waals surface area contributed by atoms with E-state index in [2.05, 4.69) is 26.7 Å². The Morgan fingerprint density at radius 3 is 2.71 bits per heavy atom. The van der Waals surface area contributed by atoms with Gasteiger partial charge in [0.2, 0.25) is 5.91 Å². The lowest BCUT2D eigenvalue weighted by molar-refractivity contribution is -0.121. The predicted molar refractivity (Wildman–Crippen MR) is 125 cm³/mol. The first-order valence-electron chi connectivity index (χ1n) is 9.91. The van der Waals surface area contributed by atoms with Crippen LogP contribution in [0.1, 0.15) is 28.0 Å². The summed E-state index contributed by atoms with van der Waals surface area (Å²) in [6.07, 6.45) is 3.63. The highest BCUT2D eigenvalue weighted by Gasteiger charge is 2.10. The number of benzene rings is 2. The van der Waals surface area contributed by atoms with Gasteiger partial charge in [0.25, 0.3) is 5.91 Å². The zero-order chi connectivity index (χ0) is 21.6. The molecular formula is C23H21ClN4O2S. The minimum atomic E-state index is -0.243. The van der Waals surface area contributed by atoms with Crippen molar-refractivity contribution in [3.05, 3.63) is 82.0 Å². The van der Waals surface area contributed by atoms with Crippen molar-refractivity contribution in [1.82, 2.24) is 15.3 Å². The molecule has 0 atom stereocenters. The number of carbonyl (C=O) groups is 2. The zero-order valence-electron chi connectivity index (χ0n) is 16.7. The molecule has 6 nitrogen and oxygen atoms in total. The van der Waals surface area contributed by atoms with Crippen molar-refractivity contribution in [2.45, 2.75) is 19.3 Å². The minimum Gasteiger partial charge on any atom is -0.361 e. The molecule has 0 aliphatic heterocycles. The Hall–Kier alpha value is -3.16. The van der Waals surface area contributed by atoms with Crippen molar-refractivity contribution in [3.8, 4) is 0 Å². The number of thiazole rings is 1. The fraction of sp³-hybridized carbons (Fsp3) is 0.174. The van der Waals surface area contributed by atoms with Crippen LogP contribution in [0.4, 0.5) is 5.13 Å². The lowest BCUT2D eigenvalue weighted by Gasteiger charge is -2.04. The van der Waals surface area contributed by atoms with Crippen LogP contribution in [0, 0.1) is 0 Å². The highest BCUT2D eigenvalue weighted by atomic mass is 35.5. The van der Waals surface area contributed by atoms with Crippen molar-refractivity contribution >= 4 is 50.8 Å². The fourth-order valence-electron chi connectivity index (χ4n) is 3.25. The smallest absolute Gasteiger partial charge is 0.257 e. The van der Waals surface area contributed by atoms with Crippen LogP contribution in [0.25, 0.3) is 10.9 Å². The average Bonchev–Trinajstić information content (AvgIpc) is 3.40. The van der Waals surface area contributed by atoms with Crippen LogP contribution in [0.15, 0.2) is 60.1 Å². The number of hydrogen-bond donors (Lipinski definition) is 3. The molecule has 2 aromatic heterocycles. The highest BCUT2D eigenvalue weighted by Crippen LogP contribution is 2.19. The van der Waals surface area contributed by atoms with Crippen LogP contribution in [0.5, 0.6) is 0 Å². The van der Waals surface area contributed by atoms with Crippen molar-refractivity contribution in [2.24, 2.45) is 0 Å². The molecule has 0 fully saturated rings. The first kappa shape index (κ1) is 21.1. The molecule has 0 spiro atoms. The molecule has 4 aromatic rings. The molecule has 0 aliphatic rings. The van der Waals surface area contributed by atoms with Crippen molar-refractivity contribution in [1.29, 1.82) is 0 Å². The van der Waals surface area contributed by atoms with E-state index in [1.54, 1.807) is 24.3 Å². The molecule has 2 heterocycles. The summed E-state index contributed by atoms with van der Waals surface area (Å²) in [5, 5.41) is 9.87. The van der Waals surface area contributed by atoms with E-state index in [1.165, 1.54) is 22.3 Å². The Bertz CT molecular complexity index is 1200. The quantitative estimate of drug-likeness (QED) is 0.358. The third-order valence-electron chi connectivity index (χ3n) is 4.88. The molecule has 0 aliphatic carbocycles. The molecule has 0 bridgehead atoms. The van der Waals surface area contributed by atoms with Crippen LogP contribution in [-0.4, -0.2) is 28.3 Å². The number of aromatic nitrogens is 2. The third kappa shape index (κ3) is 5.51. The first-order chi connectivity index (χ1) is 15.1. The molecule has 4 rings (SSSR count). The number of hydrogen-bond acceptors (Lipinski definition) is 4. The normalized spacial score (nSPS) is 10.9. The number of fused-ring (bicyclic) bond motifs is 1. The van der Waals surface area contributed by atoms with E-state index in [-0.39, 0.29) is 11.8 Å². The summed E-state index contributed by atoms with van der Waals surface area (Å²) in [7, 11) is 0. The van der Waals surface area contributed by atoms with E-state index in [4.69, 9.17) is 11.6 Å². The van der Waals surface area contributed by atoms with Crippen LogP contribution in [-0.2, 0) is 17.6 Å². The highest BCUT2D eigenvalue weighted by molar-refractivity contribution is 7.14. The Morgan fingerprint density at radius 1 is 1.06 bits per heavy atom. The predicted octanol–water partition coefficient (Wildman–Crippen LogP) is 4.82. The lowest BCUT2D eigenvalue weighted by Crippen LogP contribution is -2.25. The number of aromatic amines is 1.